The zero-order chi connectivity index (χ0) is 15.7. The molecule has 0 unspecified atom stereocenters. The maximum absolute atomic E-state index is 11.5. The smallest absolute Gasteiger partial charge is 0.342 e. The van der Waals surface area contributed by atoms with Crippen molar-refractivity contribution >= 4 is 34.7 Å². The minimum Gasteiger partial charge on any atom is -0.477 e. The molecule has 0 aliphatic heterocycles. The van der Waals surface area contributed by atoms with Gasteiger partial charge in [0.05, 0.1) is 0 Å². The van der Waals surface area contributed by atoms with Crippen LogP contribution in [-0.2, 0) is 11.8 Å². The first-order valence-electron chi connectivity index (χ1n) is 6.51. The van der Waals surface area contributed by atoms with Crippen LogP contribution in [0.15, 0.2) is 45.0 Å². The van der Waals surface area contributed by atoms with E-state index in [1.807, 2.05) is 42.1 Å². The van der Waals surface area contributed by atoms with Crippen LogP contribution in [0.3, 0.4) is 0 Å². The van der Waals surface area contributed by atoms with Gasteiger partial charge in [-0.2, -0.15) is 0 Å². The molecule has 1 N–H and O–H groups in total. The van der Waals surface area contributed by atoms with E-state index in [1.165, 1.54) is 0 Å². The summed E-state index contributed by atoms with van der Waals surface area (Å²) in [5, 5.41) is 18.1. The first-order valence-corrected chi connectivity index (χ1v) is 7.33. The number of thioether (sulfide) groups is 1. The molecule has 6 nitrogen and oxygen atoms in total. The quantitative estimate of drug-likeness (QED) is 0.588. The van der Waals surface area contributed by atoms with Gasteiger partial charge in [0.25, 0.3) is 5.22 Å². The zero-order valence-electron chi connectivity index (χ0n) is 12.0. The number of fused-ring (bicyclic) bond motifs is 1. The molecule has 0 bridgehead atoms. The maximum Gasteiger partial charge on any atom is 0.342 e. The average Bonchev–Trinajstić information content (AvgIpc) is 3.03. The molecular weight excluding hydrogens is 302 g/mol. The van der Waals surface area contributed by atoms with Gasteiger partial charge in [0.2, 0.25) is 5.89 Å². The summed E-state index contributed by atoms with van der Waals surface area (Å²) in [6.45, 7) is 1.66. The van der Waals surface area contributed by atoms with Crippen LogP contribution < -0.4 is 0 Å². The Labute approximate surface area is 130 Å². The number of carboxylic acid groups (broad SMARTS) is 1. The maximum atomic E-state index is 11.5. The molecule has 112 valence electrons. The molecule has 0 saturated carbocycles. The number of hydrogen-bond acceptors (Lipinski definition) is 5. The highest BCUT2D eigenvalue weighted by atomic mass is 32.2. The fourth-order valence-electron chi connectivity index (χ4n) is 2.18. The summed E-state index contributed by atoms with van der Waals surface area (Å²) in [6, 6.07) is 7.82. The Kier molecular flexibility index (Phi) is 3.72. The molecule has 0 aliphatic rings. The van der Waals surface area contributed by atoms with Crippen LogP contribution in [0.25, 0.3) is 17.0 Å². The van der Waals surface area contributed by atoms with Gasteiger partial charge in [-0.15, -0.1) is 10.2 Å². The van der Waals surface area contributed by atoms with E-state index in [0.717, 1.165) is 28.2 Å². The standard InChI is InChI=1S/C15H13N3O3S/c1-9-16-17-15(21-9)22-13(14(19)20)7-10-8-18(2)12-6-4-3-5-11(10)12/h3-8H,1-2H3,(H,19,20)/b13-7-. The highest BCUT2D eigenvalue weighted by Crippen LogP contribution is 2.30. The molecule has 22 heavy (non-hydrogen) atoms. The number of carboxylic acids is 1. The van der Waals surface area contributed by atoms with Crippen LogP contribution in [0.2, 0.25) is 0 Å². The van der Waals surface area contributed by atoms with E-state index in [-0.39, 0.29) is 10.1 Å². The first kappa shape index (κ1) is 14.4. The Balaban J connectivity index is 2.03. The van der Waals surface area contributed by atoms with Crippen LogP contribution in [-0.4, -0.2) is 25.8 Å². The molecule has 0 fully saturated rings. The van der Waals surface area contributed by atoms with Crippen molar-refractivity contribution in [3.8, 4) is 0 Å². The number of carbonyl (C=O) groups is 1. The second-order valence-corrected chi connectivity index (χ2v) is 5.71. The van der Waals surface area contributed by atoms with Crippen molar-refractivity contribution in [2.45, 2.75) is 12.1 Å². The molecule has 0 saturated heterocycles. The third-order valence-corrected chi connectivity index (χ3v) is 3.98. The van der Waals surface area contributed by atoms with Crippen molar-refractivity contribution in [1.29, 1.82) is 0 Å². The van der Waals surface area contributed by atoms with E-state index in [2.05, 4.69) is 10.2 Å². The lowest BCUT2D eigenvalue weighted by Crippen LogP contribution is -1.96. The second kappa shape index (κ2) is 5.69. The molecule has 2 aromatic heterocycles. The third kappa shape index (κ3) is 2.75. The highest BCUT2D eigenvalue weighted by Gasteiger charge is 2.15. The van der Waals surface area contributed by atoms with Gasteiger partial charge in [0, 0.05) is 36.6 Å². The third-order valence-electron chi connectivity index (χ3n) is 3.13. The number of aryl methyl sites for hydroxylation is 2. The Hall–Kier alpha value is -2.54. The van der Waals surface area contributed by atoms with E-state index in [1.54, 1.807) is 13.0 Å². The van der Waals surface area contributed by atoms with Gasteiger partial charge in [-0.05, 0) is 23.9 Å². The minimum absolute atomic E-state index is 0.125. The Morgan fingerprint density at radius 1 is 1.36 bits per heavy atom. The Morgan fingerprint density at radius 3 is 2.82 bits per heavy atom. The topological polar surface area (TPSA) is 81.2 Å². The largest absolute Gasteiger partial charge is 0.477 e. The molecule has 0 aliphatic carbocycles. The molecule has 2 heterocycles. The Morgan fingerprint density at radius 2 is 2.14 bits per heavy atom. The number of benzene rings is 1. The number of rotatable bonds is 4. The first-order chi connectivity index (χ1) is 10.5. The van der Waals surface area contributed by atoms with Crippen molar-refractivity contribution in [2.75, 3.05) is 0 Å². The second-order valence-electron chi connectivity index (χ2n) is 4.72. The van der Waals surface area contributed by atoms with Crippen LogP contribution in [0.1, 0.15) is 11.5 Å². The molecular formula is C15H13N3O3S. The van der Waals surface area contributed by atoms with Gasteiger partial charge in [-0.3, -0.25) is 0 Å². The molecule has 3 aromatic rings. The zero-order valence-corrected chi connectivity index (χ0v) is 12.8. The average molecular weight is 315 g/mol. The number of nitrogens with zero attached hydrogens (tertiary/aromatic N) is 3. The van der Waals surface area contributed by atoms with E-state index < -0.39 is 5.97 Å². The summed E-state index contributed by atoms with van der Waals surface area (Å²) >= 11 is 0.942. The van der Waals surface area contributed by atoms with Crippen molar-refractivity contribution in [1.82, 2.24) is 14.8 Å². The van der Waals surface area contributed by atoms with Gasteiger partial charge in [-0.1, -0.05) is 18.2 Å². The number of aromatic nitrogens is 3. The molecule has 0 radical (unpaired) electrons. The van der Waals surface area contributed by atoms with E-state index in [0.29, 0.717) is 5.89 Å². The predicted octanol–water partition coefficient (Wildman–Crippen LogP) is 3.09. The predicted molar refractivity (Wildman–Crippen MR) is 83.4 cm³/mol. The van der Waals surface area contributed by atoms with Gasteiger partial charge >= 0.3 is 5.97 Å². The molecule has 0 amide bonds. The SMILES string of the molecule is Cc1nnc(S/C(=C\c2cn(C)c3ccccc23)C(=O)O)o1. The van der Waals surface area contributed by atoms with Gasteiger partial charge in [0.1, 0.15) is 4.91 Å². The summed E-state index contributed by atoms with van der Waals surface area (Å²) in [6.07, 6.45) is 3.52. The number of hydrogen-bond donors (Lipinski definition) is 1. The van der Waals surface area contributed by atoms with Crippen LogP contribution >= 0.6 is 11.8 Å². The number of para-hydroxylation sites is 1. The van der Waals surface area contributed by atoms with Crippen LogP contribution in [0.5, 0.6) is 0 Å². The highest BCUT2D eigenvalue weighted by molar-refractivity contribution is 8.03. The van der Waals surface area contributed by atoms with Crippen molar-refractivity contribution < 1.29 is 14.3 Å². The minimum atomic E-state index is -1.03. The van der Waals surface area contributed by atoms with E-state index in [9.17, 15) is 9.90 Å². The van der Waals surface area contributed by atoms with Crippen molar-refractivity contribution in [3.05, 3.63) is 46.8 Å². The molecule has 0 spiro atoms. The van der Waals surface area contributed by atoms with Crippen molar-refractivity contribution in [3.63, 3.8) is 0 Å². The Bertz CT molecular complexity index is 879. The summed E-state index contributed by atoms with van der Waals surface area (Å²) in [4.78, 5) is 11.6. The lowest BCUT2D eigenvalue weighted by Gasteiger charge is -1.98. The summed E-state index contributed by atoms with van der Waals surface area (Å²) in [5.41, 5.74) is 1.87. The number of aliphatic carboxylic acids is 1. The molecule has 7 heteroatoms. The lowest BCUT2D eigenvalue weighted by molar-refractivity contribution is -0.131. The van der Waals surface area contributed by atoms with E-state index >= 15 is 0 Å². The molecule has 3 rings (SSSR count). The molecule has 1 aromatic carbocycles. The lowest BCUT2D eigenvalue weighted by atomic mass is 10.1. The van der Waals surface area contributed by atoms with Gasteiger partial charge in [-0.25, -0.2) is 4.79 Å². The van der Waals surface area contributed by atoms with Gasteiger partial charge in [0.15, 0.2) is 0 Å². The van der Waals surface area contributed by atoms with Crippen molar-refractivity contribution in [2.24, 2.45) is 7.05 Å². The summed E-state index contributed by atoms with van der Waals surface area (Å²) in [5.74, 6) is -0.633. The summed E-state index contributed by atoms with van der Waals surface area (Å²) < 4.78 is 7.19. The summed E-state index contributed by atoms with van der Waals surface area (Å²) in [7, 11) is 1.93. The van der Waals surface area contributed by atoms with Crippen LogP contribution in [0, 0.1) is 6.92 Å². The fourth-order valence-corrected chi connectivity index (χ4v) is 2.88. The van der Waals surface area contributed by atoms with Gasteiger partial charge < -0.3 is 14.1 Å². The fraction of sp³-hybridized carbons (Fsp3) is 0.133. The monoisotopic (exact) mass is 315 g/mol. The molecule has 0 atom stereocenters. The van der Waals surface area contributed by atoms with Crippen LogP contribution in [0.4, 0.5) is 0 Å². The normalized spacial score (nSPS) is 12.0. The van der Waals surface area contributed by atoms with E-state index in [4.69, 9.17) is 4.42 Å².